The van der Waals surface area contributed by atoms with Gasteiger partial charge in [0.1, 0.15) is 0 Å². The fraction of sp³-hybridized carbons (Fsp3) is 0.200. The van der Waals surface area contributed by atoms with E-state index in [0.29, 0.717) is 11.4 Å². The number of nitrogens with zero attached hydrogens (tertiary/aromatic N) is 3. The number of anilines is 1. The van der Waals surface area contributed by atoms with Gasteiger partial charge in [0, 0.05) is 0 Å². The molecule has 94 valence electrons. The molecule has 18 heavy (non-hydrogen) atoms. The second kappa shape index (κ2) is 3.70. The summed E-state index contributed by atoms with van der Waals surface area (Å²) in [6.07, 6.45) is -4.77. The first-order chi connectivity index (χ1) is 8.54. The van der Waals surface area contributed by atoms with Gasteiger partial charge in [0.15, 0.2) is 5.84 Å². The highest BCUT2D eigenvalue weighted by Gasteiger charge is 2.41. The van der Waals surface area contributed by atoms with Crippen molar-refractivity contribution in [2.45, 2.75) is 12.7 Å². The minimum Gasteiger partial charge on any atom is -0.276 e. The van der Waals surface area contributed by atoms with E-state index < -0.39 is 12.7 Å². The Balaban J connectivity index is 1.96. The van der Waals surface area contributed by atoms with E-state index in [0.717, 1.165) is 0 Å². The van der Waals surface area contributed by atoms with Gasteiger partial charge >= 0.3 is 6.36 Å². The minimum atomic E-state index is -4.74. The smallest absolute Gasteiger partial charge is 0.276 e. The first-order valence-corrected chi connectivity index (χ1v) is 5.05. The maximum atomic E-state index is 12.3. The zero-order chi connectivity index (χ0) is 12.8. The number of alkyl halides is 3. The van der Waals surface area contributed by atoms with Crippen LogP contribution >= 0.6 is 0 Å². The summed E-state index contributed by atoms with van der Waals surface area (Å²) in [5, 5.41) is 3.74. The fourth-order valence-electron chi connectivity index (χ4n) is 1.80. The van der Waals surface area contributed by atoms with Crippen LogP contribution in [0.4, 0.5) is 24.5 Å². The Morgan fingerprint density at radius 1 is 1.28 bits per heavy atom. The van der Waals surface area contributed by atoms with Gasteiger partial charge in [0.2, 0.25) is 6.35 Å². The van der Waals surface area contributed by atoms with Gasteiger partial charge in [0.05, 0.1) is 17.6 Å². The van der Waals surface area contributed by atoms with Crippen molar-refractivity contribution in [1.29, 1.82) is 0 Å². The summed E-state index contributed by atoms with van der Waals surface area (Å²) in [4.78, 5) is 5.39. The summed E-state index contributed by atoms with van der Waals surface area (Å²) in [6, 6.07) is 6.81. The predicted octanol–water partition coefficient (Wildman–Crippen LogP) is 1.95. The molecular weight excluding hydrogens is 249 g/mol. The van der Waals surface area contributed by atoms with E-state index in [1.54, 1.807) is 24.3 Å². The Morgan fingerprint density at radius 3 is 2.83 bits per heavy atom. The molecule has 2 heterocycles. The molecule has 1 N–H and O–H groups in total. The van der Waals surface area contributed by atoms with Crippen molar-refractivity contribution in [2.75, 3.05) is 4.90 Å². The van der Waals surface area contributed by atoms with Crippen LogP contribution in [0.15, 0.2) is 34.4 Å². The monoisotopic (exact) mass is 256 g/mol. The van der Waals surface area contributed by atoms with Crippen LogP contribution in [0.3, 0.4) is 0 Å². The second-order valence-electron chi connectivity index (χ2n) is 3.63. The molecule has 0 saturated carbocycles. The Kier molecular flexibility index (Phi) is 2.27. The Morgan fingerprint density at radius 2 is 2.06 bits per heavy atom. The van der Waals surface area contributed by atoms with Crippen LogP contribution in [0.1, 0.15) is 0 Å². The molecule has 0 saturated heterocycles. The predicted molar refractivity (Wildman–Crippen MR) is 58.6 cm³/mol. The molecule has 5 nitrogen and oxygen atoms in total. The number of ether oxygens (including phenoxy) is 1. The van der Waals surface area contributed by atoms with E-state index in [4.69, 9.17) is 0 Å². The number of benzene rings is 1. The van der Waals surface area contributed by atoms with Crippen molar-refractivity contribution in [3.8, 4) is 0 Å². The van der Waals surface area contributed by atoms with E-state index in [-0.39, 0.29) is 5.84 Å². The minimum absolute atomic E-state index is 0.281. The molecule has 1 aromatic rings. The van der Waals surface area contributed by atoms with Crippen molar-refractivity contribution >= 4 is 23.4 Å². The third-order valence-corrected chi connectivity index (χ3v) is 2.48. The maximum absolute atomic E-state index is 12.3. The quantitative estimate of drug-likeness (QED) is 0.835. The normalized spacial score (nSPS) is 21.2. The molecule has 0 radical (unpaired) electrons. The highest BCUT2D eigenvalue weighted by atomic mass is 19.4. The van der Waals surface area contributed by atoms with Gasteiger partial charge in [-0.3, -0.25) is 15.3 Å². The molecule has 0 amide bonds. The van der Waals surface area contributed by atoms with Crippen LogP contribution in [-0.4, -0.2) is 24.8 Å². The average Bonchev–Trinajstić information content (AvgIpc) is 2.70. The standard InChI is InChI=1S/C10H7F3N4O/c11-10(12,13)18-9-16-15-8-5-14-6-3-1-2-4-7(6)17(8)9/h1-5,9,16H. The summed E-state index contributed by atoms with van der Waals surface area (Å²) in [6.45, 7) is 0. The fourth-order valence-corrected chi connectivity index (χ4v) is 1.80. The van der Waals surface area contributed by atoms with E-state index in [1.807, 2.05) is 0 Å². The number of nitrogens with one attached hydrogen (secondary N) is 1. The molecule has 0 bridgehead atoms. The molecule has 0 aliphatic carbocycles. The lowest BCUT2D eigenvalue weighted by Gasteiger charge is -2.28. The number of hydrazone groups is 1. The van der Waals surface area contributed by atoms with Crippen LogP contribution in [0.25, 0.3) is 0 Å². The number of aliphatic imine (C=N–C) groups is 1. The zero-order valence-corrected chi connectivity index (χ0v) is 8.85. The number of para-hydroxylation sites is 2. The number of amidine groups is 1. The molecule has 3 rings (SSSR count). The van der Waals surface area contributed by atoms with Crippen LogP contribution in [0.2, 0.25) is 0 Å². The molecule has 1 aromatic carbocycles. The molecular formula is C10H7F3N4O. The van der Waals surface area contributed by atoms with Gasteiger partial charge in [-0.1, -0.05) is 12.1 Å². The van der Waals surface area contributed by atoms with Crippen LogP contribution < -0.4 is 10.3 Å². The zero-order valence-electron chi connectivity index (χ0n) is 8.85. The molecule has 0 fully saturated rings. The van der Waals surface area contributed by atoms with Crippen molar-refractivity contribution in [1.82, 2.24) is 5.43 Å². The summed E-state index contributed by atoms with van der Waals surface area (Å²) in [5.74, 6) is 0.281. The van der Waals surface area contributed by atoms with E-state index in [9.17, 15) is 13.2 Å². The van der Waals surface area contributed by atoms with Crippen molar-refractivity contribution in [3.63, 3.8) is 0 Å². The first-order valence-electron chi connectivity index (χ1n) is 5.05. The lowest BCUT2D eigenvalue weighted by atomic mass is 10.2. The number of rotatable bonds is 1. The van der Waals surface area contributed by atoms with E-state index >= 15 is 0 Å². The summed E-state index contributed by atoms with van der Waals surface area (Å²) < 4.78 is 40.8. The van der Waals surface area contributed by atoms with Crippen molar-refractivity contribution in [2.24, 2.45) is 10.1 Å². The van der Waals surface area contributed by atoms with Crippen LogP contribution in [0.5, 0.6) is 0 Å². The highest BCUT2D eigenvalue weighted by Crippen LogP contribution is 2.35. The third-order valence-electron chi connectivity index (χ3n) is 2.48. The van der Waals surface area contributed by atoms with Crippen molar-refractivity contribution in [3.05, 3.63) is 24.3 Å². The first kappa shape index (κ1) is 11.0. The van der Waals surface area contributed by atoms with Gasteiger partial charge in [-0.2, -0.15) is 5.10 Å². The number of hydrogen-bond acceptors (Lipinski definition) is 5. The number of fused-ring (bicyclic) bond motifs is 3. The van der Waals surface area contributed by atoms with Gasteiger partial charge in [-0.05, 0) is 12.1 Å². The van der Waals surface area contributed by atoms with Crippen LogP contribution in [0, 0.1) is 0 Å². The molecule has 1 unspecified atom stereocenters. The Labute approximate surface area is 99.6 Å². The SMILES string of the molecule is FC(F)(F)OC1NN=C2C=Nc3ccccc3N21. The Hall–Kier alpha value is -2.09. The summed E-state index contributed by atoms with van der Waals surface area (Å²) >= 11 is 0. The molecule has 1 atom stereocenters. The summed E-state index contributed by atoms with van der Waals surface area (Å²) in [5.41, 5.74) is 3.35. The average molecular weight is 256 g/mol. The third kappa shape index (κ3) is 1.80. The molecule has 2 aliphatic rings. The lowest BCUT2D eigenvalue weighted by Crippen LogP contribution is -2.46. The van der Waals surface area contributed by atoms with Gasteiger partial charge in [-0.15, -0.1) is 13.2 Å². The molecule has 8 heteroatoms. The lowest BCUT2D eigenvalue weighted by molar-refractivity contribution is -0.343. The number of halogens is 3. The maximum Gasteiger partial charge on any atom is 0.525 e. The van der Waals surface area contributed by atoms with Crippen LogP contribution in [-0.2, 0) is 4.74 Å². The topological polar surface area (TPSA) is 49.2 Å². The summed E-state index contributed by atoms with van der Waals surface area (Å²) in [7, 11) is 0. The van der Waals surface area contributed by atoms with Gasteiger partial charge in [0.25, 0.3) is 0 Å². The van der Waals surface area contributed by atoms with Gasteiger partial charge in [-0.25, -0.2) is 4.74 Å². The second-order valence-corrected chi connectivity index (χ2v) is 3.63. The Bertz CT molecular complexity index is 540. The largest absolute Gasteiger partial charge is 0.525 e. The van der Waals surface area contributed by atoms with Crippen molar-refractivity contribution < 1.29 is 17.9 Å². The number of hydrogen-bond donors (Lipinski definition) is 1. The molecule has 0 spiro atoms. The van der Waals surface area contributed by atoms with E-state index in [1.165, 1.54) is 11.1 Å². The van der Waals surface area contributed by atoms with E-state index in [2.05, 4.69) is 20.3 Å². The highest BCUT2D eigenvalue weighted by molar-refractivity contribution is 6.38. The molecule has 0 aromatic heterocycles. The molecule has 2 aliphatic heterocycles. The van der Waals surface area contributed by atoms with Gasteiger partial charge < -0.3 is 0 Å².